The Labute approximate surface area is 260 Å². The summed E-state index contributed by atoms with van der Waals surface area (Å²) < 4.78 is 2.42. The van der Waals surface area contributed by atoms with Crippen LogP contribution in [0.5, 0.6) is 0 Å². The summed E-state index contributed by atoms with van der Waals surface area (Å²) in [6, 6.07) is 57.3. The van der Waals surface area contributed by atoms with E-state index in [1.165, 1.54) is 76.9 Å². The van der Waals surface area contributed by atoms with Gasteiger partial charge in [-0.3, -0.25) is 0 Å². The maximum atomic E-state index is 5.10. The van der Waals surface area contributed by atoms with E-state index in [0.29, 0.717) is 0 Å². The van der Waals surface area contributed by atoms with Crippen LogP contribution in [-0.2, 0) is 0 Å². The molecule has 1 aliphatic rings. The third-order valence-corrected chi connectivity index (χ3v) is 9.54. The van der Waals surface area contributed by atoms with Gasteiger partial charge in [0, 0.05) is 32.8 Å². The standard InChI is InChI=1S/C43H26N2/c1-2-10-31-28(9-1)19-24-37-36-14-6-8-16-42(36)45(43(31)37)30-21-17-27(18-22-30)29-20-23-35-38(25-29)32-11-3-4-12-33(32)39-26-41(35)44-40-15-7-5-13-34(39)40/h1-26H. The number of nitrogens with zero attached hydrogens (tertiary/aromatic N) is 2. The molecular weight excluding hydrogens is 544 g/mol. The smallest absolute Gasteiger partial charge is 0.0722 e. The van der Waals surface area contributed by atoms with Crippen LogP contribution in [0, 0.1) is 0 Å². The van der Waals surface area contributed by atoms with Crippen molar-refractivity contribution >= 4 is 43.5 Å². The molecule has 0 aliphatic heterocycles. The molecule has 2 heterocycles. The summed E-state index contributed by atoms with van der Waals surface area (Å²) in [6.07, 6.45) is 0. The molecule has 0 N–H and O–H groups in total. The lowest BCUT2D eigenvalue weighted by Gasteiger charge is -2.13. The molecule has 7 aromatic carbocycles. The molecule has 0 radical (unpaired) electrons. The van der Waals surface area contributed by atoms with Crippen LogP contribution >= 0.6 is 0 Å². The summed E-state index contributed by atoms with van der Waals surface area (Å²) in [5.74, 6) is 0. The van der Waals surface area contributed by atoms with Gasteiger partial charge in [-0.1, -0.05) is 121 Å². The van der Waals surface area contributed by atoms with Gasteiger partial charge >= 0.3 is 0 Å². The molecule has 45 heavy (non-hydrogen) atoms. The maximum absolute atomic E-state index is 5.10. The lowest BCUT2D eigenvalue weighted by Crippen LogP contribution is -1.94. The van der Waals surface area contributed by atoms with Gasteiger partial charge < -0.3 is 4.57 Å². The topological polar surface area (TPSA) is 17.8 Å². The van der Waals surface area contributed by atoms with Crippen LogP contribution < -0.4 is 0 Å². The molecule has 1 aliphatic carbocycles. The van der Waals surface area contributed by atoms with Gasteiger partial charge in [-0.25, -0.2) is 4.98 Å². The van der Waals surface area contributed by atoms with E-state index in [1.54, 1.807) is 0 Å². The lowest BCUT2D eigenvalue weighted by molar-refractivity contribution is 1.19. The fourth-order valence-electron chi connectivity index (χ4n) is 7.46. The Hall–Kier alpha value is -5.99. The van der Waals surface area contributed by atoms with E-state index in [9.17, 15) is 0 Å². The minimum Gasteiger partial charge on any atom is -0.309 e. The van der Waals surface area contributed by atoms with Gasteiger partial charge in [-0.15, -0.1) is 0 Å². The van der Waals surface area contributed by atoms with Crippen LogP contribution in [0.2, 0.25) is 0 Å². The van der Waals surface area contributed by atoms with Gasteiger partial charge in [0.15, 0.2) is 0 Å². The molecule has 10 rings (SSSR count). The molecule has 2 bridgehead atoms. The summed E-state index contributed by atoms with van der Waals surface area (Å²) in [4.78, 5) is 5.10. The summed E-state index contributed by atoms with van der Waals surface area (Å²) >= 11 is 0. The second-order valence-corrected chi connectivity index (χ2v) is 12.0. The molecule has 2 aromatic heterocycles. The zero-order valence-electron chi connectivity index (χ0n) is 24.4. The molecule has 208 valence electrons. The number of hydrogen-bond acceptors (Lipinski definition) is 1. The van der Waals surface area contributed by atoms with Crippen LogP contribution in [0.3, 0.4) is 0 Å². The van der Waals surface area contributed by atoms with Gasteiger partial charge in [-0.2, -0.15) is 0 Å². The number of fused-ring (bicyclic) bond motifs is 14. The van der Waals surface area contributed by atoms with Crippen LogP contribution in [0.4, 0.5) is 0 Å². The average Bonchev–Trinajstić information content (AvgIpc) is 3.41. The SMILES string of the molecule is c1ccc2c(c1)-c1cc(-c3ccc(-n4c5ccccc5c5ccc6ccccc6c54)cc3)ccc1-c1cc-2c2ccccc2n1. The Morgan fingerprint density at radius 1 is 0.400 bits per heavy atom. The highest BCUT2D eigenvalue weighted by atomic mass is 15.0. The first kappa shape index (κ1) is 24.5. The summed E-state index contributed by atoms with van der Waals surface area (Å²) in [7, 11) is 0. The largest absolute Gasteiger partial charge is 0.309 e. The first-order chi connectivity index (χ1) is 22.3. The van der Waals surface area contributed by atoms with Crippen molar-refractivity contribution in [3.63, 3.8) is 0 Å². The van der Waals surface area contributed by atoms with Gasteiger partial charge in [-0.05, 0) is 75.2 Å². The van der Waals surface area contributed by atoms with Crippen LogP contribution in [0.1, 0.15) is 0 Å². The number of hydrogen-bond donors (Lipinski definition) is 0. The van der Waals surface area contributed by atoms with Gasteiger partial charge in [0.1, 0.15) is 0 Å². The van der Waals surface area contributed by atoms with Crippen molar-refractivity contribution in [2.45, 2.75) is 0 Å². The van der Waals surface area contributed by atoms with Crippen molar-refractivity contribution in [2.24, 2.45) is 0 Å². The first-order valence-corrected chi connectivity index (χ1v) is 15.5. The fourth-order valence-corrected chi connectivity index (χ4v) is 7.46. The average molecular weight is 571 g/mol. The monoisotopic (exact) mass is 570 g/mol. The van der Waals surface area contributed by atoms with Gasteiger partial charge in [0.2, 0.25) is 0 Å². The first-order valence-electron chi connectivity index (χ1n) is 15.5. The predicted octanol–water partition coefficient (Wildman–Crippen LogP) is 11.5. The molecule has 9 aromatic rings. The molecule has 0 fully saturated rings. The highest BCUT2D eigenvalue weighted by molar-refractivity contribution is 6.18. The molecule has 0 spiro atoms. The predicted molar refractivity (Wildman–Crippen MR) is 189 cm³/mol. The minimum absolute atomic E-state index is 1.02. The number of aromatic nitrogens is 2. The Morgan fingerprint density at radius 2 is 1.09 bits per heavy atom. The normalized spacial score (nSPS) is 12.0. The fraction of sp³-hybridized carbons (Fsp3) is 0. The van der Waals surface area contributed by atoms with Crippen LogP contribution in [0.25, 0.3) is 93.8 Å². The van der Waals surface area contributed by atoms with E-state index >= 15 is 0 Å². The van der Waals surface area contributed by atoms with Gasteiger partial charge in [0.25, 0.3) is 0 Å². The van der Waals surface area contributed by atoms with Crippen LogP contribution in [0.15, 0.2) is 158 Å². The van der Waals surface area contributed by atoms with Crippen molar-refractivity contribution in [2.75, 3.05) is 0 Å². The number of pyridine rings is 1. The number of rotatable bonds is 2. The molecule has 0 saturated heterocycles. The lowest BCUT2D eigenvalue weighted by atomic mass is 9.91. The minimum atomic E-state index is 1.02. The summed E-state index contributed by atoms with van der Waals surface area (Å²) in [6.45, 7) is 0. The van der Waals surface area contributed by atoms with E-state index < -0.39 is 0 Å². The van der Waals surface area contributed by atoms with Crippen molar-refractivity contribution in [3.05, 3.63) is 158 Å². The highest BCUT2D eigenvalue weighted by Gasteiger charge is 2.21. The van der Waals surface area contributed by atoms with E-state index in [-0.39, 0.29) is 0 Å². The maximum Gasteiger partial charge on any atom is 0.0722 e. The Balaban J connectivity index is 1.14. The summed E-state index contributed by atoms with van der Waals surface area (Å²) in [5, 5.41) is 6.27. The van der Waals surface area contributed by atoms with Gasteiger partial charge in [0.05, 0.1) is 22.2 Å². The molecular formula is C43H26N2. The Morgan fingerprint density at radius 3 is 1.96 bits per heavy atom. The van der Waals surface area contributed by atoms with Crippen molar-refractivity contribution in [3.8, 4) is 50.3 Å². The third kappa shape index (κ3) is 3.54. The Kier molecular flexibility index (Phi) is 5.03. The molecule has 0 amide bonds. The van der Waals surface area contributed by atoms with E-state index in [1.807, 2.05) is 0 Å². The Bertz CT molecular complexity index is 2640. The van der Waals surface area contributed by atoms with Crippen molar-refractivity contribution < 1.29 is 0 Å². The van der Waals surface area contributed by atoms with Crippen molar-refractivity contribution in [1.82, 2.24) is 9.55 Å². The molecule has 2 heteroatoms. The second-order valence-electron chi connectivity index (χ2n) is 12.0. The zero-order chi connectivity index (χ0) is 29.5. The third-order valence-electron chi connectivity index (χ3n) is 9.54. The molecule has 0 saturated carbocycles. The second kappa shape index (κ2) is 9.25. The molecule has 0 atom stereocenters. The van der Waals surface area contributed by atoms with Crippen molar-refractivity contribution in [1.29, 1.82) is 0 Å². The molecule has 2 nitrogen and oxygen atoms in total. The number of benzene rings is 7. The number of para-hydroxylation sites is 2. The quantitative estimate of drug-likeness (QED) is 0.202. The van der Waals surface area contributed by atoms with E-state index in [4.69, 9.17) is 4.98 Å². The van der Waals surface area contributed by atoms with E-state index in [0.717, 1.165) is 16.9 Å². The molecule has 0 unspecified atom stereocenters. The summed E-state index contributed by atoms with van der Waals surface area (Å²) in [5.41, 5.74) is 14.2. The van der Waals surface area contributed by atoms with E-state index in [2.05, 4.69) is 162 Å². The van der Waals surface area contributed by atoms with Crippen LogP contribution in [-0.4, -0.2) is 9.55 Å². The highest BCUT2D eigenvalue weighted by Crippen LogP contribution is 2.46. The zero-order valence-corrected chi connectivity index (χ0v) is 24.4.